The number of aromatic carboxylic acids is 1. The van der Waals surface area contributed by atoms with E-state index in [0.717, 1.165) is 11.1 Å². The van der Waals surface area contributed by atoms with Crippen molar-refractivity contribution < 1.29 is 14.7 Å². The molecule has 0 fully saturated rings. The molecule has 0 aliphatic carbocycles. The summed E-state index contributed by atoms with van der Waals surface area (Å²) in [5, 5.41) is 12.0. The predicted octanol–water partition coefficient (Wildman–Crippen LogP) is 3.18. The molecule has 2 N–H and O–H groups in total. The number of hydrogen-bond donors (Lipinski definition) is 2. The van der Waals surface area contributed by atoms with E-state index >= 15 is 0 Å². The van der Waals surface area contributed by atoms with Crippen LogP contribution in [-0.2, 0) is 0 Å². The minimum Gasteiger partial charge on any atom is -0.478 e. The number of carboxylic acids is 1. The summed E-state index contributed by atoms with van der Waals surface area (Å²) in [5.41, 5.74) is 2.27. The zero-order valence-electron chi connectivity index (χ0n) is 12.0. The molecule has 2 aromatic rings. The van der Waals surface area contributed by atoms with E-state index in [4.69, 9.17) is 5.11 Å². The van der Waals surface area contributed by atoms with Gasteiger partial charge in [0.25, 0.3) is 5.91 Å². The molecule has 0 saturated carbocycles. The highest BCUT2D eigenvalue weighted by molar-refractivity contribution is 6.04. The highest BCUT2D eigenvalue weighted by Gasteiger charge is 2.18. The first-order valence-electron chi connectivity index (χ1n) is 6.69. The van der Waals surface area contributed by atoms with Gasteiger partial charge in [-0.1, -0.05) is 36.4 Å². The van der Waals surface area contributed by atoms with E-state index in [1.807, 2.05) is 38.1 Å². The second-order valence-electron chi connectivity index (χ2n) is 4.90. The Morgan fingerprint density at radius 1 is 1.00 bits per heavy atom. The van der Waals surface area contributed by atoms with Crippen molar-refractivity contribution in [1.82, 2.24) is 5.32 Å². The van der Waals surface area contributed by atoms with Crippen LogP contribution in [0.2, 0.25) is 0 Å². The lowest BCUT2D eigenvalue weighted by atomic mass is 10.0. The Hall–Kier alpha value is -2.62. The Kier molecular flexibility index (Phi) is 4.38. The summed E-state index contributed by atoms with van der Waals surface area (Å²) in [6.07, 6.45) is 0. The van der Waals surface area contributed by atoms with Crippen LogP contribution in [0.3, 0.4) is 0 Å². The van der Waals surface area contributed by atoms with Gasteiger partial charge in [0.1, 0.15) is 0 Å². The quantitative estimate of drug-likeness (QED) is 0.905. The average molecular weight is 283 g/mol. The van der Waals surface area contributed by atoms with Crippen LogP contribution < -0.4 is 5.32 Å². The third-order valence-electron chi connectivity index (χ3n) is 3.40. The Balaban J connectivity index is 2.23. The molecule has 21 heavy (non-hydrogen) atoms. The summed E-state index contributed by atoms with van der Waals surface area (Å²) in [5.74, 6) is -1.49. The average Bonchev–Trinajstić information content (AvgIpc) is 2.47. The van der Waals surface area contributed by atoms with Gasteiger partial charge in [0.2, 0.25) is 0 Å². The molecule has 0 bridgehead atoms. The summed E-state index contributed by atoms with van der Waals surface area (Å²) >= 11 is 0. The molecule has 0 heterocycles. The topological polar surface area (TPSA) is 66.4 Å². The van der Waals surface area contributed by atoms with Gasteiger partial charge in [-0.2, -0.15) is 0 Å². The molecular formula is C17H17NO3. The van der Waals surface area contributed by atoms with Crippen LogP contribution in [-0.4, -0.2) is 17.0 Å². The lowest BCUT2D eigenvalue weighted by Gasteiger charge is -2.17. The number of nitrogens with one attached hydrogen (secondary N) is 1. The number of carboxylic acid groups (broad SMARTS) is 1. The standard InChI is InChI=1S/C17H17NO3/c1-11-7-3-4-8-13(11)12(2)18-16(19)14-9-5-6-10-15(14)17(20)21/h3-10,12H,1-2H3,(H,18,19)(H,20,21)/t12-/m1/s1. The molecule has 0 aliphatic rings. The molecule has 1 amide bonds. The molecule has 108 valence electrons. The van der Waals surface area contributed by atoms with Gasteiger partial charge in [0.15, 0.2) is 0 Å². The van der Waals surface area contributed by atoms with Gasteiger partial charge in [0.05, 0.1) is 17.2 Å². The first-order valence-corrected chi connectivity index (χ1v) is 6.69. The number of carbonyl (C=O) groups excluding carboxylic acids is 1. The third kappa shape index (κ3) is 3.28. The maximum atomic E-state index is 12.3. The lowest BCUT2D eigenvalue weighted by molar-refractivity contribution is 0.0690. The molecule has 0 aromatic heterocycles. The maximum absolute atomic E-state index is 12.3. The largest absolute Gasteiger partial charge is 0.478 e. The summed E-state index contributed by atoms with van der Waals surface area (Å²) < 4.78 is 0. The van der Waals surface area contributed by atoms with E-state index in [0.29, 0.717) is 0 Å². The number of amides is 1. The first kappa shape index (κ1) is 14.8. The smallest absolute Gasteiger partial charge is 0.336 e. The summed E-state index contributed by atoms with van der Waals surface area (Å²) in [7, 11) is 0. The van der Waals surface area contributed by atoms with E-state index in [2.05, 4.69) is 5.32 Å². The van der Waals surface area contributed by atoms with Crippen molar-refractivity contribution in [1.29, 1.82) is 0 Å². The van der Waals surface area contributed by atoms with Crippen molar-refractivity contribution in [3.05, 3.63) is 70.8 Å². The van der Waals surface area contributed by atoms with E-state index in [1.54, 1.807) is 12.1 Å². The second-order valence-corrected chi connectivity index (χ2v) is 4.90. The van der Waals surface area contributed by atoms with Crippen molar-refractivity contribution in [2.24, 2.45) is 0 Å². The molecular weight excluding hydrogens is 266 g/mol. The second kappa shape index (κ2) is 6.22. The van der Waals surface area contributed by atoms with Crippen molar-refractivity contribution in [2.75, 3.05) is 0 Å². The number of carbonyl (C=O) groups is 2. The minimum atomic E-state index is -1.11. The third-order valence-corrected chi connectivity index (χ3v) is 3.40. The van der Waals surface area contributed by atoms with Gasteiger partial charge in [-0.05, 0) is 37.1 Å². The molecule has 1 atom stereocenters. The highest BCUT2D eigenvalue weighted by Crippen LogP contribution is 2.18. The van der Waals surface area contributed by atoms with E-state index in [9.17, 15) is 9.59 Å². The fourth-order valence-electron chi connectivity index (χ4n) is 2.29. The molecule has 0 aliphatic heterocycles. The van der Waals surface area contributed by atoms with Crippen molar-refractivity contribution in [2.45, 2.75) is 19.9 Å². The van der Waals surface area contributed by atoms with Crippen LogP contribution in [0, 0.1) is 6.92 Å². The fraction of sp³-hybridized carbons (Fsp3) is 0.176. The van der Waals surface area contributed by atoms with E-state index < -0.39 is 5.97 Å². The molecule has 0 saturated heterocycles. The first-order chi connectivity index (χ1) is 10.0. The monoisotopic (exact) mass is 283 g/mol. The van der Waals surface area contributed by atoms with Gasteiger partial charge in [-0.3, -0.25) is 4.79 Å². The Bertz CT molecular complexity index is 679. The molecule has 2 aromatic carbocycles. The van der Waals surface area contributed by atoms with E-state index in [-0.39, 0.29) is 23.1 Å². The molecule has 0 spiro atoms. The van der Waals surface area contributed by atoms with Crippen molar-refractivity contribution in [3.8, 4) is 0 Å². The normalized spacial score (nSPS) is 11.7. The van der Waals surface area contributed by atoms with Crippen molar-refractivity contribution >= 4 is 11.9 Å². The molecule has 0 unspecified atom stereocenters. The highest BCUT2D eigenvalue weighted by atomic mass is 16.4. The van der Waals surface area contributed by atoms with Crippen LogP contribution in [0.4, 0.5) is 0 Å². The number of rotatable bonds is 4. The van der Waals surface area contributed by atoms with Gasteiger partial charge in [-0.25, -0.2) is 4.79 Å². The minimum absolute atomic E-state index is 0.00647. The van der Waals surface area contributed by atoms with Gasteiger partial charge in [0, 0.05) is 0 Å². The Morgan fingerprint density at radius 2 is 1.57 bits per heavy atom. The van der Waals surface area contributed by atoms with Crippen LogP contribution in [0.15, 0.2) is 48.5 Å². The Labute approximate surface area is 123 Å². The summed E-state index contributed by atoms with van der Waals surface area (Å²) in [4.78, 5) is 23.4. The SMILES string of the molecule is Cc1ccccc1[C@@H](C)NC(=O)c1ccccc1C(=O)O. The zero-order chi connectivity index (χ0) is 15.4. The molecule has 4 nitrogen and oxygen atoms in total. The zero-order valence-corrected chi connectivity index (χ0v) is 12.0. The van der Waals surface area contributed by atoms with Crippen LogP contribution in [0.5, 0.6) is 0 Å². The van der Waals surface area contributed by atoms with Gasteiger partial charge in [-0.15, -0.1) is 0 Å². The van der Waals surface area contributed by atoms with Crippen LogP contribution in [0.1, 0.15) is 44.8 Å². The Morgan fingerprint density at radius 3 is 2.19 bits per heavy atom. The van der Waals surface area contributed by atoms with Gasteiger partial charge >= 0.3 is 5.97 Å². The van der Waals surface area contributed by atoms with Crippen LogP contribution in [0.25, 0.3) is 0 Å². The maximum Gasteiger partial charge on any atom is 0.336 e. The summed E-state index contributed by atoms with van der Waals surface area (Å²) in [6.45, 7) is 3.85. The number of hydrogen-bond acceptors (Lipinski definition) is 2. The lowest BCUT2D eigenvalue weighted by Crippen LogP contribution is -2.28. The van der Waals surface area contributed by atoms with Crippen molar-refractivity contribution in [3.63, 3.8) is 0 Å². The molecule has 0 radical (unpaired) electrons. The van der Waals surface area contributed by atoms with E-state index in [1.165, 1.54) is 12.1 Å². The van der Waals surface area contributed by atoms with Crippen LogP contribution >= 0.6 is 0 Å². The fourth-order valence-corrected chi connectivity index (χ4v) is 2.29. The summed E-state index contributed by atoms with van der Waals surface area (Å²) in [6, 6.07) is 13.8. The number of aryl methyl sites for hydroxylation is 1. The van der Waals surface area contributed by atoms with Gasteiger partial charge < -0.3 is 10.4 Å². The number of benzene rings is 2. The molecule has 4 heteroatoms. The predicted molar refractivity (Wildman–Crippen MR) is 80.5 cm³/mol. The molecule has 2 rings (SSSR count).